The molecule has 0 aromatic carbocycles. The smallest absolute Gasteiger partial charge is 0.374 e. The van der Waals surface area contributed by atoms with Crippen LogP contribution < -0.4 is 4.89 Å². The predicted octanol–water partition coefficient (Wildman–Crippen LogP) is -0.987. The van der Waals surface area contributed by atoms with Gasteiger partial charge >= 0.3 is 5.97 Å². The fourth-order valence-electron chi connectivity index (χ4n) is 0.505. The Morgan fingerprint density at radius 3 is 2.30 bits per heavy atom. The summed E-state index contributed by atoms with van der Waals surface area (Å²) in [5.41, 5.74) is 0. The molecule has 0 saturated heterocycles. The number of hydrogen-bond acceptors (Lipinski definition) is 3. The maximum atomic E-state index is 10.6. The molecule has 58 valence electrons. The summed E-state index contributed by atoms with van der Waals surface area (Å²) in [6, 6.07) is 0. The Morgan fingerprint density at radius 1 is 1.70 bits per heavy atom. The summed E-state index contributed by atoms with van der Waals surface area (Å²) in [6.45, 7) is 1.05. The van der Waals surface area contributed by atoms with Crippen LogP contribution in [0.15, 0.2) is 0 Å². The van der Waals surface area contributed by atoms with Crippen LogP contribution in [0.2, 0.25) is 0 Å². The van der Waals surface area contributed by atoms with E-state index in [1.54, 1.807) is 0 Å². The van der Waals surface area contributed by atoms with Crippen LogP contribution >= 0.6 is 7.77 Å². The summed E-state index contributed by atoms with van der Waals surface area (Å²) in [5.74, 6) is -1.18. The van der Waals surface area contributed by atoms with Gasteiger partial charge in [0.2, 0.25) is 5.29 Å². The molecule has 5 heteroatoms. The van der Waals surface area contributed by atoms with E-state index in [-0.39, 0.29) is 18.3 Å². The van der Waals surface area contributed by atoms with Gasteiger partial charge in [0.1, 0.15) is 0 Å². The van der Waals surface area contributed by atoms with Crippen molar-refractivity contribution in [1.82, 2.24) is 0 Å². The summed E-state index contributed by atoms with van der Waals surface area (Å²) >= 11 is 0. The summed E-state index contributed by atoms with van der Waals surface area (Å²) in [5, 5.41) is 16.6. The first-order valence-corrected chi connectivity index (χ1v) is 4.41. The van der Waals surface area contributed by atoms with Crippen LogP contribution in [0, 0.1) is 0 Å². The first-order valence-electron chi connectivity index (χ1n) is 2.70. The third-order valence-corrected chi connectivity index (χ3v) is 2.15. The normalized spacial score (nSPS) is 12.7. The molecule has 0 heterocycles. The average molecular weight is 164 g/mol. The quantitative estimate of drug-likeness (QED) is 0.525. The molecule has 0 rings (SSSR count). The van der Waals surface area contributed by atoms with Crippen molar-refractivity contribution >= 4 is 19.0 Å². The minimum atomic E-state index is -1.80. The van der Waals surface area contributed by atoms with Gasteiger partial charge in [-0.2, -0.15) is 0 Å². The van der Waals surface area contributed by atoms with E-state index in [4.69, 9.17) is 10.2 Å². The van der Waals surface area contributed by atoms with E-state index in [0.29, 0.717) is 0 Å². The minimum absolute atomic E-state index is 0.0129. The van der Waals surface area contributed by atoms with Gasteiger partial charge in [-0.1, -0.05) is 0 Å². The lowest BCUT2D eigenvalue weighted by molar-refractivity contribution is -0.151. The molecule has 2 N–H and O–H groups in total. The van der Waals surface area contributed by atoms with Crippen LogP contribution in [0.5, 0.6) is 0 Å². The average Bonchev–Trinajstić information content (AvgIpc) is 1.81. The second kappa shape index (κ2) is 4.39. The molecule has 0 aromatic heterocycles. The van der Waals surface area contributed by atoms with Gasteiger partial charge in [0.05, 0.1) is 21.0 Å². The van der Waals surface area contributed by atoms with Gasteiger partial charge < -0.3 is 15.1 Å². The van der Waals surface area contributed by atoms with Crippen molar-refractivity contribution in [2.24, 2.45) is 0 Å². The Labute approximate surface area is 59.6 Å². The van der Waals surface area contributed by atoms with Crippen molar-refractivity contribution in [3.8, 4) is 0 Å². The fraction of sp³-hybridized carbons (Fsp3) is 0.600. The van der Waals surface area contributed by atoms with E-state index in [1.165, 1.54) is 6.66 Å². The first kappa shape index (κ1) is 9.56. The maximum Gasteiger partial charge on any atom is 0.374 e. The van der Waals surface area contributed by atoms with E-state index in [9.17, 15) is 9.69 Å². The van der Waals surface area contributed by atoms with E-state index < -0.39 is 13.7 Å². The molecular formula is C5H9O4P. The van der Waals surface area contributed by atoms with Gasteiger partial charge in [-0.3, -0.25) is 0 Å². The lowest BCUT2D eigenvalue weighted by atomic mass is 10.3. The Balaban J connectivity index is 4.28. The van der Waals surface area contributed by atoms with E-state index in [0.717, 1.165) is 0 Å². The molecule has 0 spiro atoms. The van der Waals surface area contributed by atoms with Crippen LogP contribution in [0.4, 0.5) is 0 Å². The van der Waals surface area contributed by atoms with Crippen molar-refractivity contribution in [2.45, 2.75) is 6.42 Å². The number of hydrogen-bond donors (Lipinski definition) is 2. The lowest BCUT2D eigenvalue weighted by Gasteiger charge is -1.96. The van der Waals surface area contributed by atoms with E-state index in [2.05, 4.69) is 0 Å². The molecule has 0 radical (unpaired) electrons. The Hall–Kier alpha value is -0.440. The third-order valence-electron chi connectivity index (χ3n) is 0.976. The Bertz CT molecular complexity index is 159. The standard InChI is InChI=1S/C5H9O4P/c1-10(9)4(2-3-6)5(7)8/h6H,2-3H2,1H3,(H,7,8). The summed E-state index contributed by atoms with van der Waals surface area (Å²) < 4.78 is 0. The van der Waals surface area contributed by atoms with Gasteiger partial charge in [0, 0.05) is 6.42 Å². The molecule has 0 aliphatic heterocycles. The van der Waals surface area contributed by atoms with E-state index in [1.807, 2.05) is 0 Å². The van der Waals surface area contributed by atoms with Crippen LogP contribution in [0.1, 0.15) is 6.42 Å². The number of aliphatic hydroxyl groups excluding tert-OH is 1. The number of aliphatic carboxylic acids is 1. The van der Waals surface area contributed by atoms with Gasteiger partial charge in [-0.25, -0.2) is 4.79 Å². The summed E-state index contributed by atoms with van der Waals surface area (Å²) in [4.78, 5) is 20.8. The van der Waals surface area contributed by atoms with Crippen LogP contribution in [-0.4, -0.2) is 34.7 Å². The largest absolute Gasteiger partial charge is 0.630 e. The van der Waals surface area contributed by atoms with Crippen molar-refractivity contribution in [1.29, 1.82) is 0 Å². The molecule has 0 fully saturated rings. The van der Waals surface area contributed by atoms with Gasteiger partial charge in [0.15, 0.2) is 0 Å². The Kier molecular flexibility index (Phi) is 4.19. The van der Waals surface area contributed by atoms with Crippen molar-refractivity contribution in [3.63, 3.8) is 0 Å². The third kappa shape index (κ3) is 2.92. The number of carbonyl (C=O) groups is 1. The molecule has 0 aliphatic rings. The molecule has 0 saturated carbocycles. The second-order valence-electron chi connectivity index (χ2n) is 1.72. The maximum absolute atomic E-state index is 10.6. The SMILES string of the molecule is C[P+]([O-])=C(CCO)C(=O)O. The number of aliphatic hydroxyl groups is 1. The molecule has 1 atom stereocenters. The minimum Gasteiger partial charge on any atom is -0.630 e. The molecule has 0 aromatic rings. The highest BCUT2D eigenvalue weighted by Crippen LogP contribution is 2.08. The molecule has 0 aliphatic carbocycles. The zero-order valence-corrected chi connectivity index (χ0v) is 6.47. The number of carboxylic acids is 1. The highest BCUT2D eigenvalue weighted by molar-refractivity contribution is 7.53. The monoisotopic (exact) mass is 164 g/mol. The number of rotatable bonds is 3. The molecule has 1 unspecified atom stereocenters. The first-order chi connectivity index (χ1) is 4.59. The summed E-state index contributed by atoms with van der Waals surface area (Å²) in [6.07, 6.45) is -0.0129. The fourth-order valence-corrected chi connectivity index (χ4v) is 1.19. The molecule has 0 bridgehead atoms. The molecule has 4 nitrogen and oxygen atoms in total. The Morgan fingerprint density at radius 2 is 2.20 bits per heavy atom. The zero-order chi connectivity index (χ0) is 8.15. The van der Waals surface area contributed by atoms with Gasteiger partial charge in [-0.15, -0.1) is 0 Å². The van der Waals surface area contributed by atoms with Crippen molar-refractivity contribution in [3.05, 3.63) is 0 Å². The highest BCUT2D eigenvalue weighted by Gasteiger charge is 2.14. The predicted molar refractivity (Wildman–Crippen MR) is 37.2 cm³/mol. The molecule has 10 heavy (non-hydrogen) atoms. The summed E-state index contributed by atoms with van der Waals surface area (Å²) in [7, 11) is -1.80. The topological polar surface area (TPSA) is 80.6 Å². The van der Waals surface area contributed by atoms with Crippen molar-refractivity contribution in [2.75, 3.05) is 13.3 Å². The molecular weight excluding hydrogens is 155 g/mol. The zero-order valence-electron chi connectivity index (χ0n) is 5.57. The number of carboxylic acid groups (broad SMARTS) is 1. The van der Waals surface area contributed by atoms with E-state index >= 15 is 0 Å². The van der Waals surface area contributed by atoms with Crippen LogP contribution in [0.3, 0.4) is 0 Å². The molecule has 0 amide bonds. The second-order valence-corrected chi connectivity index (χ2v) is 3.26. The highest BCUT2D eigenvalue weighted by atomic mass is 31.1. The lowest BCUT2D eigenvalue weighted by Crippen LogP contribution is -2.16. The van der Waals surface area contributed by atoms with Crippen molar-refractivity contribution < 1.29 is 19.9 Å². The van der Waals surface area contributed by atoms with Crippen LogP contribution in [-0.2, 0) is 4.79 Å². The van der Waals surface area contributed by atoms with Crippen LogP contribution in [0.25, 0.3) is 0 Å². The van der Waals surface area contributed by atoms with Gasteiger partial charge in [0.25, 0.3) is 0 Å². The van der Waals surface area contributed by atoms with Gasteiger partial charge in [-0.05, 0) is 0 Å².